The van der Waals surface area contributed by atoms with Crippen molar-refractivity contribution in [3.8, 4) is 11.6 Å². The highest BCUT2D eigenvalue weighted by Gasteiger charge is 2.18. The summed E-state index contributed by atoms with van der Waals surface area (Å²) in [6.07, 6.45) is 1.44. The van der Waals surface area contributed by atoms with Crippen LogP contribution in [0.4, 0.5) is 5.82 Å². The molecule has 0 aliphatic carbocycles. The van der Waals surface area contributed by atoms with Crippen LogP contribution in [0, 0.1) is 13.8 Å². The lowest BCUT2D eigenvalue weighted by molar-refractivity contribution is 0.402. The van der Waals surface area contributed by atoms with Gasteiger partial charge in [-0.15, -0.1) is 0 Å². The van der Waals surface area contributed by atoms with Crippen molar-refractivity contribution < 1.29 is 13.2 Å². The predicted octanol–water partition coefficient (Wildman–Crippen LogP) is 1.68. The molecule has 0 saturated carbocycles. The van der Waals surface area contributed by atoms with E-state index in [2.05, 4.69) is 25.1 Å². The maximum absolute atomic E-state index is 12.4. The molecule has 10 heteroatoms. The second-order valence-corrected chi connectivity index (χ2v) is 7.81. The minimum absolute atomic E-state index is 0.103. The molecule has 0 bridgehead atoms. The van der Waals surface area contributed by atoms with Gasteiger partial charge in [-0.2, -0.15) is 5.10 Å². The molecular weight excluding hydrogens is 380 g/mol. The number of nitrogens with one attached hydrogen (secondary N) is 2. The van der Waals surface area contributed by atoms with Crippen LogP contribution in [0.3, 0.4) is 0 Å². The van der Waals surface area contributed by atoms with Crippen LogP contribution in [0.15, 0.2) is 47.6 Å². The average molecular weight is 402 g/mol. The maximum atomic E-state index is 12.4. The molecular formula is C18H22N6O3S. The van der Waals surface area contributed by atoms with Gasteiger partial charge in [0.05, 0.1) is 12.8 Å². The number of anilines is 1. The van der Waals surface area contributed by atoms with Crippen molar-refractivity contribution >= 4 is 15.8 Å². The van der Waals surface area contributed by atoms with Gasteiger partial charge in [0.25, 0.3) is 0 Å². The molecule has 28 heavy (non-hydrogen) atoms. The van der Waals surface area contributed by atoms with E-state index in [4.69, 9.17) is 4.74 Å². The van der Waals surface area contributed by atoms with Gasteiger partial charge in [0.1, 0.15) is 22.8 Å². The lowest BCUT2D eigenvalue weighted by Gasteiger charge is -2.11. The molecule has 0 aliphatic rings. The van der Waals surface area contributed by atoms with Gasteiger partial charge in [-0.25, -0.2) is 27.8 Å². The summed E-state index contributed by atoms with van der Waals surface area (Å²) in [6.45, 7) is 4.39. The minimum Gasteiger partial charge on any atom is -0.495 e. The molecule has 0 amide bonds. The molecule has 0 fully saturated rings. The van der Waals surface area contributed by atoms with Gasteiger partial charge in [-0.1, -0.05) is 12.1 Å². The van der Waals surface area contributed by atoms with Crippen LogP contribution >= 0.6 is 0 Å². The normalized spacial score (nSPS) is 11.4. The summed E-state index contributed by atoms with van der Waals surface area (Å²) >= 11 is 0. The van der Waals surface area contributed by atoms with Gasteiger partial charge in [0.2, 0.25) is 10.0 Å². The van der Waals surface area contributed by atoms with Crippen LogP contribution in [0.1, 0.15) is 11.4 Å². The van der Waals surface area contributed by atoms with Gasteiger partial charge in [-0.05, 0) is 32.0 Å². The fourth-order valence-electron chi connectivity index (χ4n) is 2.71. The maximum Gasteiger partial charge on any atom is 0.244 e. The summed E-state index contributed by atoms with van der Waals surface area (Å²) in [5.41, 5.74) is 1.86. The molecule has 2 heterocycles. The summed E-state index contributed by atoms with van der Waals surface area (Å²) < 4.78 is 34.3. The average Bonchev–Trinajstić information content (AvgIpc) is 3.03. The lowest BCUT2D eigenvalue weighted by Crippen LogP contribution is -2.29. The Hall–Kier alpha value is -2.98. The molecule has 0 saturated heterocycles. The van der Waals surface area contributed by atoms with Crippen LogP contribution in [0.5, 0.6) is 5.75 Å². The molecule has 148 valence electrons. The van der Waals surface area contributed by atoms with E-state index in [0.29, 0.717) is 23.9 Å². The number of benzene rings is 1. The van der Waals surface area contributed by atoms with Crippen molar-refractivity contribution in [1.29, 1.82) is 0 Å². The predicted molar refractivity (Wildman–Crippen MR) is 105 cm³/mol. The Morgan fingerprint density at radius 2 is 1.89 bits per heavy atom. The Balaban J connectivity index is 1.61. The standard InChI is InChI=1S/C18H22N6O3S/c1-13-10-14(2)24(23-13)18-11-17(20-12-21-18)19-8-9-22-28(25,26)16-7-5-4-6-15(16)27-3/h4-7,10-12,22H,8-9H2,1-3H3,(H,19,20,21). The number of aromatic nitrogens is 4. The van der Waals surface area contributed by atoms with Crippen molar-refractivity contribution in [3.05, 3.63) is 54.1 Å². The second kappa shape index (κ2) is 8.36. The van der Waals surface area contributed by atoms with E-state index >= 15 is 0 Å². The van der Waals surface area contributed by atoms with Crippen LogP contribution in [0.2, 0.25) is 0 Å². The smallest absolute Gasteiger partial charge is 0.244 e. The quantitative estimate of drug-likeness (QED) is 0.552. The first-order valence-corrected chi connectivity index (χ1v) is 10.1. The zero-order chi connectivity index (χ0) is 20.1. The molecule has 2 aromatic heterocycles. The number of sulfonamides is 1. The minimum atomic E-state index is -3.67. The highest BCUT2D eigenvalue weighted by Crippen LogP contribution is 2.22. The third-order valence-corrected chi connectivity index (χ3v) is 5.46. The summed E-state index contributed by atoms with van der Waals surface area (Å²) in [7, 11) is -2.24. The first-order chi connectivity index (χ1) is 13.4. The first-order valence-electron chi connectivity index (χ1n) is 8.63. The summed E-state index contributed by atoms with van der Waals surface area (Å²) in [6, 6.07) is 10.2. The molecule has 3 aromatic rings. The number of nitrogens with zero attached hydrogens (tertiary/aromatic N) is 4. The number of methoxy groups -OCH3 is 1. The highest BCUT2D eigenvalue weighted by atomic mass is 32.2. The van der Waals surface area contributed by atoms with E-state index in [-0.39, 0.29) is 11.4 Å². The zero-order valence-corrected chi connectivity index (χ0v) is 16.7. The highest BCUT2D eigenvalue weighted by molar-refractivity contribution is 7.89. The van der Waals surface area contributed by atoms with Gasteiger partial charge >= 0.3 is 0 Å². The Kier molecular flexibility index (Phi) is 5.90. The number of rotatable bonds is 8. The molecule has 2 N–H and O–H groups in total. The number of hydrogen-bond donors (Lipinski definition) is 2. The van der Waals surface area contributed by atoms with Crippen LogP contribution < -0.4 is 14.8 Å². The number of ether oxygens (including phenoxy) is 1. The van der Waals surface area contributed by atoms with Crippen molar-refractivity contribution in [2.75, 3.05) is 25.5 Å². The lowest BCUT2D eigenvalue weighted by atomic mass is 10.3. The monoisotopic (exact) mass is 402 g/mol. The van der Waals surface area contributed by atoms with E-state index in [0.717, 1.165) is 11.4 Å². The Morgan fingerprint density at radius 3 is 2.61 bits per heavy atom. The molecule has 9 nitrogen and oxygen atoms in total. The summed E-state index contributed by atoms with van der Waals surface area (Å²) in [5, 5.41) is 7.48. The summed E-state index contributed by atoms with van der Waals surface area (Å²) in [5.74, 6) is 1.51. The van der Waals surface area contributed by atoms with Crippen molar-refractivity contribution in [1.82, 2.24) is 24.5 Å². The fraction of sp³-hybridized carbons (Fsp3) is 0.278. The number of hydrogen-bond acceptors (Lipinski definition) is 7. The van der Waals surface area contributed by atoms with E-state index in [1.54, 1.807) is 28.9 Å². The Labute approximate surface area is 163 Å². The molecule has 0 radical (unpaired) electrons. The van der Waals surface area contributed by atoms with E-state index in [9.17, 15) is 8.42 Å². The van der Waals surface area contributed by atoms with E-state index in [1.165, 1.54) is 19.5 Å². The molecule has 0 unspecified atom stereocenters. The Morgan fingerprint density at radius 1 is 1.11 bits per heavy atom. The van der Waals surface area contributed by atoms with Crippen molar-refractivity contribution in [2.45, 2.75) is 18.7 Å². The van der Waals surface area contributed by atoms with E-state index < -0.39 is 10.0 Å². The molecule has 0 aliphatic heterocycles. The number of para-hydroxylation sites is 1. The molecule has 0 spiro atoms. The molecule has 3 rings (SSSR count). The van der Waals surface area contributed by atoms with Gasteiger partial charge in [0.15, 0.2) is 5.82 Å². The summed E-state index contributed by atoms with van der Waals surface area (Å²) in [4.78, 5) is 8.50. The van der Waals surface area contributed by atoms with Crippen LogP contribution in [-0.2, 0) is 10.0 Å². The topological polar surface area (TPSA) is 111 Å². The molecule has 0 atom stereocenters. The zero-order valence-electron chi connectivity index (χ0n) is 15.9. The van der Waals surface area contributed by atoms with Crippen LogP contribution in [0.25, 0.3) is 5.82 Å². The third-order valence-electron chi connectivity index (χ3n) is 3.96. The van der Waals surface area contributed by atoms with Crippen LogP contribution in [-0.4, -0.2) is 48.4 Å². The van der Waals surface area contributed by atoms with Crippen molar-refractivity contribution in [2.24, 2.45) is 0 Å². The SMILES string of the molecule is COc1ccccc1S(=O)(=O)NCCNc1cc(-n2nc(C)cc2C)ncn1. The molecule has 1 aromatic carbocycles. The van der Waals surface area contributed by atoms with Crippen molar-refractivity contribution in [3.63, 3.8) is 0 Å². The first kappa shape index (κ1) is 19.8. The van der Waals surface area contributed by atoms with Gasteiger partial charge in [0, 0.05) is 24.8 Å². The second-order valence-electron chi connectivity index (χ2n) is 6.08. The largest absolute Gasteiger partial charge is 0.495 e. The Bertz CT molecular complexity index is 1060. The third kappa shape index (κ3) is 4.46. The van der Waals surface area contributed by atoms with Gasteiger partial charge in [-0.3, -0.25) is 0 Å². The van der Waals surface area contributed by atoms with E-state index in [1.807, 2.05) is 19.9 Å². The fourth-order valence-corrected chi connectivity index (χ4v) is 3.92. The number of aryl methyl sites for hydroxylation is 2. The van der Waals surface area contributed by atoms with Gasteiger partial charge < -0.3 is 10.1 Å².